The van der Waals surface area contributed by atoms with Crippen LogP contribution < -0.4 is 0 Å². The summed E-state index contributed by atoms with van der Waals surface area (Å²) in [6.45, 7) is 4.10. The standard InChI is InChI=1S/C78H120NO8P/c1-6-8-10-12-14-16-18-20-22-24-26-28-30-32-34-36-38-39-41-43-45-47-49-51-53-55-57-59-61-63-65-67-69-71-78(81)87-76(75-86-88(82,83)85-73-72-79(3,4)5)74-84-77(80)70-68-66-64-62-60-58-56-54-52-50-48-46-44-42-40-37-35-33-31-29-27-25-23-21-19-17-15-13-11-9-7-2/h8-11,14-17,20-23,26-29,32-35,38-40,42-43,45-46,48-49,51-52,54-55,57-58,60,76H,6-7,12-13,18-19,24-25,30-31,36-37,41,44,47,50,53,56,59,61-75H2,1-5H3/p+1/b10-8-,11-9-,16-14-,17-15-,22-20-,23-21-,28-26-,29-27-,34-32-,35-33-,39-38-,42-40-,45-43-,48-46-,51-49-,54-52-,57-55-,60-58-. The van der Waals surface area contributed by atoms with E-state index in [2.05, 4.69) is 233 Å². The molecule has 0 saturated carbocycles. The summed E-state index contributed by atoms with van der Waals surface area (Å²) in [4.78, 5) is 35.8. The van der Waals surface area contributed by atoms with Crippen molar-refractivity contribution < 1.29 is 42.1 Å². The highest BCUT2D eigenvalue weighted by molar-refractivity contribution is 7.47. The maximum atomic E-state index is 12.9. The Hall–Kier alpha value is -5.67. The van der Waals surface area contributed by atoms with Crippen LogP contribution >= 0.6 is 7.82 Å². The summed E-state index contributed by atoms with van der Waals surface area (Å²) in [6.07, 6.45) is 106. The maximum absolute atomic E-state index is 12.9. The minimum absolute atomic E-state index is 0.00800. The second kappa shape index (κ2) is 65.8. The molecule has 0 radical (unpaired) electrons. The molecule has 0 fully saturated rings. The molecule has 0 aromatic rings. The number of carbonyl (C=O) groups excluding carboxylic acids is 2. The number of phosphoric acid groups is 1. The molecule has 0 heterocycles. The number of carbonyl (C=O) groups is 2. The smallest absolute Gasteiger partial charge is 0.462 e. The van der Waals surface area contributed by atoms with E-state index in [4.69, 9.17) is 18.5 Å². The zero-order valence-electron chi connectivity index (χ0n) is 55.6. The van der Waals surface area contributed by atoms with Gasteiger partial charge in [0.05, 0.1) is 27.7 Å². The number of likely N-dealkylation sites (N-methyl/N-ethyl adjacent to an activating group) is 1. The summed E-state index contributed by atoms with van der Waals surface area (Å²) in [7, 11) is 1.41. The van der Waals surface area contributed by atoms with Crippen molar-refractivity contribution in [2.45, 2.75) is 213 Å². The SMILES string of the molecule is CC/C=C\C/C=C\C/C=C\C/C=C\C/C=C\C/C=C\C/C=C\C/C=C\C/C=C\CCCCCCCC(=O)OC(COC(=O)CCCCC/C=C\C/C=C\C/C=C\C/C=C\C/C=C\C/C=C\C/C=C\C/C=C\C/C=C\CC)COP(=O)(O)OCC[N+](C)(C)C. The highest BCUT2D eigenvalue weighted by Gasteiger charge is 2.27. The van der Waals surface area contributed by atoms with Crippen LogP contribution in [0.1, 0.15) is 206 Å². The Morgan fingerprint density at radius 2 is 0.614 bits per heavy atom. The highest BCUT2D eigenvalue weighted by atomic mass is 31.2. The molecule has 2 atom stereocenters. The first-order valence-electron chi connectivity index (χ1n) is 33.5. The van der Waals surface area contributed by atoms with Crippen LogP contribution in [-0.2, 0) is 32.7 Å². The molecule has 0 spiro atoms. The number of hydrogen-bond acceptors (Lipinski definition) is 7. The van der Waals surface area contributed by atoms with E-state index in [1.807, 2.05) is 21.1 Å². The minimum atomic E-state index is -4.42. The number of hydrogen-bond donors (Lipinski definition) is 1. The Bertz CT molecular complexity index is 2280. The third kappa shape index (κ3) is 69.4. The number of esters is 2. The van der Waals surface area contributed by atoms with Gasteiger partial charge in [-0.15, -0.1) is 0 Å². The van der Waals surface area contributed by atoms with Gasteiger partial charge in [-0.3, -0.25) is 18.6 Å². The molecule has 2 unspecified atom stereocenters. The Balaban J connectivity index is 4.30. The molecule has 0 aliphatic carbocycles. The van der Waals surface area contributed by atoms with Crippen molar-refractivity contribution in [1.82, 2.24) is 0 Å². The largest absolute Gasteiger partial charge is 0.472 e. The van der Waals surface area contributed by atoms with Crippen LogP contribution in [0.4, 0.5) is 0 Å². The van der Waals surface area contributed by atoms with Gasteiger partial charge in [0.1, 0.15) is 19.8 Å². The predicted octanol–water partition coefficient (Wildman–Crippen LogP) is 22.0. The fraction of sp³-hybridized carbons (Fsp3) is 0.513. The number of quaternary nitrogens is 1. The Kier molecular flexibility index (Phi) is 61.5. The van der Waals surface area contributed by atoms with Crippen molar-refractivity contribution in [3.63, 3.8) is 0 Å². The van der Waals surface area contributed by atoms with E-state index in [0.29, 0.717) is 23.9 Å². The van der Waals surface area contributed by atoms with E-state index < -0.39 is 32.5 Å². The van der Waals surface area contributed by atoms with Crippen LogP contribution in [0.3, 0.4) is 0 Å². The van der Waals surface area contributed by atoms with Crippen molar-refractivity contribution in [3.8, 4) is 0 Å². The van der Waals surface area contributed by atoms with Crippen molar-refractivity contribution in [2.75, 3.05) is 47.5 Å². The molecule has 1 N–H and O–H groups in total. The van der Waals surface area contributed by atoms with E-state index >= 15 is 0 Å². The van der Waals surface area contributed by atoms with Gasteiger partial charge in [0, 0.05) is 12.8 Å². The minimum Gasteiger partial charge on any atom is -0.462 e. The topological polar surface area (TPSA) is 108 Å². The molecule has 9 nitrogen and oxygen atoms in total. The summed E-state index contributed by atoms with van der Waals surface area (Å²) in [5.41, 5.74) is 0. The van der Waals surface area contributed by atoms with E-state index in [1.165, 1.54) is 0 Å². The molecule has 0 aromatic carbocycles. The third-order valence-corrected chi connectivity index (χ3v) is 14.0. The molecule has 490 valence electrons. The van der Waals surface area contributed by atoms with Crippen LogP contribution in [0, 0.1) is 0 Å². The van der Waals surface area contributed by atoms with Crippen LogP contribution in [0.5, 0.6) is 0 Å². The first-order valence-corrected chi connectivity index (χ1v) is 35.0. The van der Waals surface area contributed by atoms with Crippen LogP contribution in [0.2, 0.25) is 0 Å². The molecule has 0 bridgehead atoms. The summed E-state index contributed by atoms with van der Waals surface area (Å²) < 4.78 is 34.6. The fourth-order valence-electron chi connectivity index (χ4n) is 7.94. The van der Waals surface area contributed by atoms with Crippen molar-refractivity contribution in [3.05, 3.63) is 219 Å². The lowest BCUT2D eigenvalue weighted by Gasteiger charge is -2.24. The van der Waals surface area contributed by atoms with Gasteiger partial charge in [-0.2, -0.15) is 0 Å². The number of allylic oxidation sites excluding steroid dienone is 36. The number of unbranched alkanes of at least 4 members (excludes halogenated alkanes) is 8. The third-order valence-electron chi connectivity index (χ3n) is 13.0. The van der Waals surface area contributed by atoms with E-state index in [9.17, 15) is 19.0 Å². The lowest BCUT2D eigenvalue weighted by atomic mass is 10.1. The van der Waals surface area contributed by atoms with Gasteiger partial charge in [0.15, 0.2) is 6.10 Å². The number of phosphoric ester groups is 1. The zero-order valence-corrected chi connectivity index (χ0v) is 56.5. The van der Waals surface area contributed by atoms with Gasteiger partial charge in [-0.25, -0.2) is 4.57 Å². The Labute approximate surface area is 538 Å². The number of nitrogens with zero attached hydrogens (tertiary/aromatic N) is 1. The van der Waals surface area contributed by atoms with Crippen molar-refractivity contribution in [1.29, 1.82) is 0 Å². The molecule has 0 aromatic heterocycles. The van der Waals surface area contributed by atoms with E-state index in [-0.39, 0.29) is 26.1 Å². The zero-order chi connectivity index (χ0) is 64.1. The fourth-order valence-corrected chi connectivity index (χ4v) is 8.68. The number of ether oxygens (including phenoxy) is 2. The molecule has 10 heteroatoms. The molecular weight excluding hydrogens is 1110 g/mol. The van der Waals surface area contributed by atoms with Gasteiger partial charge < -0.3 is 18.9 Å². The second-order valence-electron chi connectivity index (χ2n) is 22.4. The lowest BCUT2D eigenvalue weighted by Crippen LogP contribution is -2.37. The van der Waals surface area contributed by atoms with Gasteiger partial charge in [0.25, 0.3) is 0 Å². The van der Waals surface area contributed by atoms with Gasteiger partial charge in [0.2, 0.25) is 0 Å². The maximum Gasteiger partial charge on any atom is 0.472 e. The second-order valence-corrected chi connectivity index (χ2v) is 23.8. The van der Waals surface area contributed by atoms with E-state index in [1.54, 1.807) is 0 Å². The summed E-state index contributed by atoms with van der Waals surface area (Å²) in [5.74, 6) is -0.880. The van der Waals surface area contributed by atoms with E-state index in [0.717, 1.165) is 167 Å². The lowest BCUT2D eigenvalue weighted by molar-refractivity contribution is -0.870. The van der Waals surface area contributed by atoms with Crippen molar-refractivity contribution in [2.24, 2.45) is 0 Å². The Morgan fingerprint density at radius 1 is 0.352 bits per heavy atom. The van der Waals surface area contributed by atoms with Crippen LogP contribution in [0.25, 0.3) is 0 Å². The molecule has 0 aliphatic rings. The first-order chi connectivity index (χ1) is 43.0. The average Bonchev–Trinajstić information content (AvgIpc) is 3.56. The Morgan fingerprint density at radius 3 is 0.920 bits per heavy atom. The van der Waals surface area contributed by atoms with Crippen LogP contribution in [0.15, 0.2) is 219 Å². The monoisotopic (exact) mass is 1230 g/mol. The quantitative estimate of drug-likeness (QED) is 0.0211. The summed E-state index contributed by atoms with van der Waals surface area (Å²) in [6, 6.07) is 0. The van der Waals surface area contributed by atoms with Gasteiger partial charge in [-0.1, -0.05) is 258 Å². The molecule has 0 rings (SSSR count). The molecular formula is C78H121NO8P+. The van der Waals surface area contributed by atoms with Gasteiger partial charge in [-0.05, 0) is 154 Å². The van der Waals surface area contributed by atoms with Gasteiger partial charge >= 0.3 is 19.8 Å². The average molecular weight is 1230 g/mol. The predicted molar refractivity (Wildman–Crippen MR) is 380 cm³/mol. The summed E-state index contributed by atoms with van der Waals surface area (Å²) >= 11 is 0. The normalized spacial score (nSPS) is 14.6. The molecule has 0 amide bonds. The van der Waals surface area contributed by atoms with Crippen LogP contribution in [-0.4, -0.2) is 74.9 Å². The molecule has 0 aliphatic heterocycles. The molecule has 0 saturated heterocycles. The molecule has 88 heavy (non-hydrogen) atoms. The number of rotatable bonds is 58. The van der Waals surface area contributed by atoms with Crippen molar-refractivity contribution >= 4 is 19.8 Å². The first kappa shape index (κ1) is 82.3. The highest BCUT2D eigenvalue weighted by Crippen LogP contribution is 2.43. The summed E-state index contributed by atoms with van der Waals surface area (Å²) in [5, 5.41) is 0.